The SMILES string of the molecule is CCSc1ccccc1C(=O)NCC1CCN(c2nccnc2C#N)CC1. The lowest BCUT2D eigenvalue weighted by atomic mass is 9.96. The number of hydrogen-bond acceptors (Lipinski definition) is 6. The molecule has 0 radical (unpaired) electrons. The molecule has 1 N–H and O–H groups in total. The van der Waals surface area contributed by atoms with Crippen LogP contribution in [0.3, 0.4) is 0 Å². The molecule has 3 rings (SSSR count). The van der Waals surface area contributed by atoms with E-state index in [9.17, 15) is 10.1 Å². The first kappa shape index (κ1) is 19.2. The lowest BCUT2D eigenvalue weighted by Crippen LogP contribution is -2.39. The molecule has 1 aliphatic rings. The van der Waals surface area contributed by atoms with E-state index in [2.05, 4.69) is 33.2 Å². The number of aromatic nitrogens is 2. The maximum atomic E-state index is 12.6. The summed E-state index contributed by atoms with van der Waals surface area (Å²) in [5.74, 6) is 2.02. The van der Waals surface area contributed by atoms with E-state index in [1.165, 1.54) is 0 Å². The van der Waals surface area contributed by atoms with Crippen molar-refractivity contribution in [3.8, 4) is 6.07 Å². The van der Waals surface area contributed by atoms with E-state index in [1.807, 2.05) is 24.3 Å². The highest BCUT2D eigenvalue weighted by molar-refractivity contribution is 7.99. The van der Waals surface area contributed by atoms with Crippen molar-refractivity contribution in [1.82, 2.24) is 15.3 Å². The van der Waals surface area contributed by atoms with Crippen LogP contribution in [0.15, 0.2) is 41.6 Å². The molecule has 1 aromatic heterocycles. The van der Waals surface area contributed by atoms with Gasteiger partial charge in [0.05, 0.1) is 5.56 Å². The number of carbonyl (C=O) groups excluding carboxylic acids is 1. The Labute approximate surface area is 164 Å². The number of thioether (sulfide) groups is 1. The number of amides is 1. The number of rotatable bonds is 6. The van der Waals surface area contributed by atoms with Crippen LogP contribution in [-0.2, 0) is 0 Å². The summed E-state index contributed by atoms with van der Waals surface area (Å²) in [6.45, 7) is 4.39. The highest BCUT2D eigenvalue weighted by Gasteiger charge is 2.23. The molecule has 0 bridgehead atoms. The summed E-state index contributed by atoms with van der Waals surface area (Å²) in [6, 6.07) is 9.85. The molecule has 140 valence electrons. The number of nitrogens with zero attached hydrogens (tertiary/aromatic N) is 4. The molecule has 1 aromatic carbocycles. The van der Waals surface area contributed by atoms with Gasteiger partial charge in [0.15, 0.2) is 11.5 Å². The van der Waals surface area contributed by atoms with Crippen molar-refractivity contribution in [3.05, 3.63) is 47.9 Å². The van der Waals surface area contributed by atoms with Crippen LogP contribution >= 0.6 is 11.8 Å². The Morgan fingerprint density at radius 1 is 1.30 bits per heavy atom. The van der Waals surface area contributed by atoms with Crippen molar-refractivity contribution in [2.75, 3.05) is 30.3 Å². The number of anilines is 1. The molecule has 0 aliphatic carbocycles. The Morgan fingerprint density at radius 3 is 2.78 bits per heavy atom. The summed E-state index contributed by atoms with van der Waals surface area (Å²) in [5, 5.41) is 12.3. The zero-order valence-electron chi connectivity index (χ0n) is 15.4. The predicted octanol–water partition coefficient (Wildman–Crippen LogP) is 3.11. The topological polar surface area (TPSA) is 81.9 Å². The van der Waals surface area contributed by atoms with Crippen molar-refractivity contribution in [2.24, 2.45) is 5.92 Å². The Hall–Kier alpha value is -2.59. The fraction of sp³-hybridized carbons (Fsp3) is 0.400. The first-order chi connectivity index (χ1) is 13.2. The zero-order chi connectivity index (χ0) is 19.1. The largest absolute Gasteiger partial charge is 0.354 e. The summed E-state index contributed by atoms with van der Waals surface area (Å²) >= 11 is 1.69. The van der Waals surface area contributed by atoms with E-state index >= 15 is 0 Å². The van der Waals surface area contributed by atoms with Gasteiger partial charge in [0.2, 0.25) is 0 Å². The van der Waals surface area contributed by atoms with E-state index in [4.69, 9.17) is 0 Å². The van der Waals surface area contributed by atoms with Gasteiger partial charge in [-0.1, -0.05) is 19.1 Å². The molecule has 0 atom stereocenters. The molecular formula is C20H23N5OS. The van der Waals surface area contributed by atoms with Gasteiger partial charge in [0, 0.05) is 36.9 Å². The van der Waals surface area contributed by atoms with E-state index in [0.717, 1.165) is 42.1 Å². The standard InChI is InChI=1S/C20H23N5OS/c1-2-27-18-6-4-3-5-16(18)20(26)24-14-15-7-11-25(12-8-15)19-17(13-21)22-9-10-23-19/h3-6,9-10,15H,2,7-8,11-12,14H2,1H3,(H,24,26). The first-order valence-electron chi connectivity index (χ1n) is 9.19. The van der Waals surface area contributed by atoms with Gasteiger partial charge in [-0.05, 0) is 36.6 Å². The number of nitrogens with one attached hydrogen (secondary N) is 1. The molecule has 1 amide bonds. The average molecular weight is 382 g/mol. The highest BCUT2D eigenvalue weighted by Crippen LogP contribution is 2.24. The summed E-state index contributed by atoms with van der Waals surface area (Å²) in [5.41, 5.74) is 1.12. The summed E-state index contributed by atoms with van der Waals surface area (Å²) < 4.78 is 0. The van der Waals surface area contributed by atoms with Gasteiger partial charge in [-0.2, -0.15) is 5.26 Å². The minimum absolute atomic E-state index is 0.00493. The lowest BCUT2D eigenvalue weighted by Gasteiger charge is -2.32. The first-order valence-corrected chi connectivity index (χ1v) is 10.2. The fourth-order valence-electron chi connectivity index (χ4n) is 3.26. The number of benzene rings is 1. The lowest BCUT2D eigenvalue weighted by molar-refractivity contribution is 0.0942. The Bertz CT molecular complexity index is 827. The number of carbonyl (C=O) groups is 1. The Kier molecular flexibility index (Phi) is 6.66. The molecule has 1 aliphatic heterocycles. The van der Waals surface area contributed by atoms with E-state index < -0.39 is 0 Å². The van der Waals surface area contributed by atoms with Gasteiger partial charge in [0.1, 0.15) is 6.07 Å². The van der Waals surface area contributed by atoms with Crippen LogP contribution in [-0.4, -0.2) is 41.3 Å². The molecule has 0 saturated carbocycles. The zero-order valence-corrected chi connectivity index (χ0v) is 16.2. The second-order valence-corrected chi connectivity index (χ2v) is 7.72. The van der Waals surface area contributed by atoms with Crippen molar-refractivity contribution in [2.45, 2.75) is 24.7 Å². The van der Waals surface area contributed by atoms with Gasteiger partial charge in [-0.25, -0.2) is 9.97 Å². The van der Waals surface area contributed by atoms with Crippen LogP contribution in [0.1, 0.15) is 35.8 Å². The normalized spacial score (nSPS) is 14.6. The Balaban J connectivity index is 1.53. The van der Waals surface area contributed by atoms with Crippen LogP contribution < -0.4 is 10.2 Å². The molecule has 1 saturated heterocycles. The van der Waals surface area contributed by atoms with Crippen LogP contribution in [0.4, 0.5) is 5.82 Å². The molecular weight excluding hydrogens is 358 g/mol. The Morgan fingerprint density at radius 2 is 2.04 bits per heavy atom. The summed E-state index contributed by atoms with van der Waals surface area (Å²) in [7, 11) is 0. The van der Waals surface area contributed by atoms with Crippen LogP contribution in [0.2, 0.25) is 0 Å². The molecule has 2 aromatic rings. The number of hydrogen-bond donors (Lipinski definition) is 1. The number of piperidine rings is 1. The highest BCUT2D eigenvalue weighted by atomic mass is 32.2. The van der Waals surface area contributed by atoms with Gasteiger partial charge in [-0.3, -0.25) is 4.79 Å². The van der Waals surface area contributed by atoms with E-state index in [0.29, 0.717) is 24.0 Å². The van der Waals surface area contributed by atoms with Crippen LogP contribution in [0, 0.1) is 17.2 Å². The molecule has 1 fully saturated rings. The van der Waals surface area contributed by atoms with Crippen LogP contribution in [0.5, 0.6) is 0 Å². The molecule has 7 heteroatoms. The maximum Gasteiger partial charge on any atom is 0.252 e. The second-order valence-electron chi connectivity index (χ2n) is 6.41. The van der Waals surface area contributed by atoms with Crippen molar-refractivity contribution < 1.29 is 4.79 Å². The second kappa shape index (κ2) is 9.38. The third-order valence-corrected chi connectivity index (χ3v) is 5.64. The fourth-order valence-corrected chi connectivity index (χ4v) is 4.06. The van der Waals surface area contributed by atoms with Gasteiger partial charge < -0.3 is 10.2 Å². The van der Waals surface area contributed by atoms with Gasteiger partial charge >= 0.3 is 0 Å². The number of nitriles is 1. The predicted molar refractivity (Wildman–Crippen MR) is 107 cm³/mol. The maximum absolute atomic E-state index is 12.6. The smallest absolute Gasteiger partial charge is 0.252 e. The molecule has 6 nitrogen and oxygen atoms in total. The van der Waals surface area contributed by atoms with Crippen LogP contribution in [0.25, 0.3) is 0 Å². The van der Waals surface area contributed by atoms with Gasteiger partial charge in [-0.15, -0.1) is 11.8 Å². The van der Waals surface area contributed by atoms with Crippen molar-refractivity contribution >= 4 is 23.5 Å². The summed E-state index contributed by atoms with van der Waals surface area (Å²) in [4.78, 5) is 24.1. The quantitative estimate of drug-likeness (QED) is 0.774. The molecule has 2 heterocycles. The average Bonchev–Trinajstić information content (AvgIpc) is 2.73. The monoisotopic (exact) mass is 381 g/mol. The van der Waals surface area contributed by atoms with E-state index in [-0.39, 0.29) is 5.91 Å². The minimum atomic E-state index is -0.00493. The third-order valence-electron chi connectivity index (χ3n) is 4.68. The van der Waals surface area contributed by atoms with Crippen molar-refractivity contribution in [3.63, 3.8) is 0 Å². The summed E-state index contributed by atoms with van der Waals surface area (Å²) in [6.07, 6.45) is 5.06. The molecule has 0 spiro atoms. The minimum Gasteiger partial charge on any atom is -0.354 e. The molecule has 0 unspecified atom stereocenters. The molecule has 27 heavy (non-hydrogen) atoms. The van der Waals surface area contributed by atoms with Gasteiger partial charge in [0.25, 0.3) is 5.91 Å². The van der Waals surface area contributed by atoms with E-state index in [1.54, 1.807) is 24.2 Å². The van der Waals surface area contributed by atoms with Crippen molar-refractivity contribution in [1.29, 1.82) is 5.26 Å². The third kappa shape index (κ3) is 4.77.